The van der Waals surface area contributed by atoms with Crippen LogP contribution in [0.3, 0.4) is 0 Å². The molecule has 0 aromatic carbocycles. The Balaban J connectivity index is 1.93. The van der Waals surface area contributed by atoms with Crippen molar-refractivity contribution in [2.45, 2.75) is 26.7 Å². The predicted molar refractivity (Wildman–Crippen MR) is 73.5 cm³/mol. The lowest BCUT2D eigenvalue weighted by molar-refractivity contribution is -0.116. The summed E-state index contributed by atoms with van der Waals surface area (Å²) >= 11 is 0. The molecule has 1 aliphatic rings. The third-order valence-electron chi connectivity index (χ3n) is 3.90. The monoisotopic (exact) mass is 263 g/mol. The number of carbonyl (C=O) groups is 1. The Labute approximate surface area is 113 Å². The minimum atomic E-state index is -0.123. The summed E-state index contributed by atoms with van der Waals surface area (Å²) in [5, 5.41) is 16.3. The van der Waals surface area contributed by atoms with E-state index in [0.29, 0.717) is 6.54 Å². The molecule has 1 heterocycles. The predicted octanol–water partition coefficient (Wildman–Crippen LogP) is 0.939. The fourth-order valence-electron chi connectivity index (χ4n) is 2.09. The Hall–Kier alpha value is -1.62. The van der Waals surface area contributed by atoms with Crippen LogP contribution in [0.4, 0.5) is 0 Å². The van der Waals surface area contributed by atoms with Gasteiger partial charge in [-0.1, -0.05) is 0 Å². The maximum atomic E-state index is 11.7. The van der Waals surface area contributed by atoms with Crippen molar-refractivity contribution in [2.75, 3.05) is 13.2 Å². The van der Waals surface area contributed by atoms with Crippen molar-refractivity contribution >= 4 is 12.0 Å². The molecule has 5 nitrogen and oxygen atoms in total. The maximum Gasteiger partial charge on any atom is 0.244 e. The Morgan fingerprint density at radius 3 is 2.68 bits per heavy atom. The molecule has 1 aromatic rings. The van der Waals surface area contributed by atoms with Crippen molar-refractivity contribution in [3.63, 3.8) is 0 Å². The summed E-state index contributed by atoms with van der Waals surface area (Å²) in [6, 6.07) is 0. The van der Waals surface area contributed by atoms with Gasteiger partial charge in [-0.3, -0.25) is 9.48 Å². The van der Waals surface area contributed by atoms with E-state index in [0.717, 1.165) is 29.8 Å². The van der Waals surface area contributed by atoms with Gasteiger partial charge in [0.1, 0.15) is 0 Å². The zero-order valence-electron chi connectivity index (χ0n) is 11.7. The second-order valence-electron chi connectivity index (χ2n) is 5.42. The van der Waals surface area contributed by atoms with E-state index < -0.39 is 0 Å². The first-order valence-electron chi connectivity index (χ1n) is 6.54. The van der Waals surface area contributed by atoms with Crippen molar-refractivity contribution in [3.05, 3.63) is 23.0 Å². The molecule has 1 aliphatic carbocycles. The lowest BCUT2D eigenvalue weighted by atomic mass is 10.1. The van der Waals surface area contributed by atoms with Gasteiger partial charge in [-0.05, 0) is 32.8 Å². The van der Waals surface area contributed by atoms with Crippen LogP contribution in [0.5, 0.6) is 0 Å². The molecular formula is C14H21N3O2. The highest BCUT2D eigenvalue weighted by molar-refractivity contribution is 5.92. The van der Waals surface area contributed by atoms with Crippen LogP contribution in [0.25, 0.3) is 6.08 Å². The third-order valence-corrected chi connectivity index (χ3v) is 3.90. The Morgan fingerprint density at radius 2 is 2.21 bits per heavy atom. The first kappa shape index (κ1) is 13.8. The molecule has 19 heavy (non-hydrogen) atoms. The molecule has 0 unspecified atom stereocenters. The van der Waals surface area contributed by atoms with Gasteiger partial charge < -0.3 is 10.4 Å². The normalized spacial score (nSPS) is 16.8. The average molecular weight is 263 g/mol. The quantitative estimate of drug-likeness (QED) is 0.777. The van der Waals surface area contributed by atoms with Crippen LogP contribution in [0.1, 0.15) is 29.8 Å². The van der Waals surface area contributed by atoms with E-state index in [9.17, 15) is 9.90 Å². The van der Waals surface area contributed by atoms with Crippen LogP contribution in [-0.2, 0) is 11.8 Å². The summed E-state index contributed by atoms with van der Waals surface area (Å²) in [6.45, 7) is 4.60. The molecule has 2 N–H and O–H groups in total. The average Bonchev–Trinajstić information content (AvgIpc) is 3.12. The first-order chi connectivity index (χ1) is 8.97. The molecular weight excluding hydrogens is 242 g/mol. The summed E-state index contributed by atoms with van der Waals surface area (Å²) < 4.78 is 1.80. The van der Waals surface area contributed by atoms with Crippen LogP contribution < -0.4 is 5.32 Å². The lowest BCUT2D eigenvalue weighted by Gasteiger charge is -2.11. The van der Waals surface area contributed by atoms with Crippen molar-refractivity contribution in [2.24, 2.45) is 12.5 Å². The minimum Gasteiger partial charge on any atom is -0.396 e. The highest BCUT2D eigenvalue weighted by Crippen LogP contribution is 2.44. The summed E-state index contributed by atoms with van der Waals surface area (Å²) in [4.78, 5) is 11.7. The molecule has 1 fully saturated rings. The first-order valence-corrected chi connectivity index (χ1v) is 6.54. The van der Waals surface area contributed by atoms with E-state index in [1.165, 1.54) is 6.08 Å². The third kappa shape index (κ3) is 3.04. The summed E-state index contributed by atoms with van der Waals surface area (Å²) in [6.07, 6.45) is 5.32. The summed E-state index contributed by atoms with van der Waals surface area (Å²) in [7, 11) is 1.89. The molecule has 0 aliphatic heterocycles. The van der Waals surface area contributed by atoms with Gasteiger partial charge in [-0.25, -0.2) is 0 Å². The van der Waals surface area contributed by atoms with E-state index in [2.05, 4.69) is 10.4 Å². The van der Waals surface area contributed by atoms with Crippen LogP contribution >= 0.6 is 0 Å². The van der Waals surface area contributed by atoms with Gasteiger partial charge in [0, 0.05) is 36.3 Å². The fraction of sp³-hybridized carbons (Fsp3) is 0.571. The van der Waals surface area contributed by atoms with Crippen molar-refractivity contribution in [1.82, 2.24) is 15.1 Å². The zero-order chi connectivity index (χ0) is 14.0. The number of nitrogens with zero attached hydrogens (tertiary/aromatic N) is 2. The highest BCUT2D eigenvalue weighted by Gasteiger charge is 2.41. The second kappa shape index (κ2) is 5.17. The Morgan fingerprint density at radius 1 is 1.53 bits per heavy atom. The number of hydrogen-bond donors (Lipinski definition) is 2. The molecule has 0 saturated heterocycles. The highest BCUT2D eigenvalue weighted by atomic mass is 16.3. The Bertz CT molecular complexity index is 513. The number of nitrogens with one attached hydrogen (secondary N) is 1. The SMILES string of the molecule is Cc1nn(C)c(C)c1/C=C/C(=O)NCC1(CO)CC1. The lowest BCUT2D eigenvalue weighted by Crippen LogP contribution is -2.30. The second-order valence-corrected chi connectivity index (χ2v) is 5.42. The summed E-state index contributed by atoms with van der Waals surface area (Å²) in [5.41, 5.74) is 2.89. The van der Waals surface area contributed by atoms with E-state index in [4.69, 9.17) is 0 Å². The number of aryl methyl sites for hydroxylation is 2. The van der Waals surface area contributed by atoms with E-state index >= 15 is 0 Å². The van der Waals surface area contributed by atoms with Crippen LogP contribution in [0.2, 0.25) is 0 Å². The van der Waals surface area contributed by atoms with Crippen LogP contribution in [0, 0.1) is 19.3 Å². The zero-order valence-corrected chi connectivity index (χ0v) is 11.7. The molecule has 1 amide bonds. The van der Waals surface area contributed by atoms with Crippen molar-refractivity contribution in [3.8, 4) is 0 Å². The fourth-order valence-corrected chi connectivity index (χ4v) is 2.09. The van der Waals surface area contributed by atoms with E-state index in [1.54, 1.807) is 10.8 Å². The molecule has 0 atom stereocenters. The number of aliphatic hydroxyl groups excluding tert-OH is 1. The molecule has 0 radical (unpaired) electrons. The minimum absolute atomic E-state index is 0.0519. The molecule has 2 rings (SSSR count). The summed E-state index contributed by atoms with van der Waals surface area (Å²) in [5.74, 6) is -0.123. The van der Waals surface area contributed by atoms with Gasteiger partial charge in [0.2, 0.25) is 5.91 Å². The number of aliphatic hydroxyl groups is 1. The number of carbonyl (C=O) groups excluding carboxylic acids is 1. The smallest absolute Gasteiger partial charge is 0.244 e. The molecule has 1 aromatic heterocycles. The van der Waals surface area contributed by atoms with Gasteiger partial charge in [0.25, 0.3) is 0 Å². The van der Waals surface area contributed by atoms with Crippen LogP contribution in [0.15, 0.2) is 6.08 Å². The number of rotatable bonds is 5. The van der Waals surface area contributed by atoms with Gasteiger partial charge in [-0.15, -0.1) is 0 Å². The van der Waals surface area contributed by atoms with Crippen LogP contribution in [-0.4, -0.2) is 33.9 Å². The molecule has 0 bridgehead atoms. The van der Waals surface area contributed by atoms with E-state index in [1.807, 2.05) is 20.9 Å². The Kier molecular flexibility index (Phi) is 3.75. The van der Waals surface area contributed by atoms with Crippen molar-refractivity contribution in [1.29, 1.82) is 0 Å². The number of hydrogen-bond acceptors (Lipinski definition) is 3. The molecule has 104 valence electrons. The number of aromatic nitrogens is 2. The largest absolute Gasteiger partial charge is 0.396 e. The van der Waals surface area contributed by atoms with E-state index in [-0.39, 0.29) is 17.9 Å². The van der Waals surface area contributed by atoms with Crippen molar-refractivity contribution < 1.29 is 9.90 Å². The topological polar surface area (TPSA) is 67.2 Å². The molecule has 5 heteroatoms. The molecule has 1 saturated carbocycles. The van der Waals surface area contributed by atoms with Gasteiger partial charge in [0.15, 0.2) is 0 Å². The standard InChI is InChI=1S/C14H21N3O2/c1-10-12(11(2)17(3)16-10)4-5-13(19)15-8-14(9-18)6-7-14/h4-5,18H,6-9H2,1-3H3,(H,15,19)/b5-4+. The maximum absolute atomic E-state index is 11.7. The van der Waals surface area contributed by atoms with Gasteiger partial charge >= 0.3 is 0 Å². The molecule has 0 spiro atoms. The number of amides is 1. The van der Waals surface area contributed by atoms with Gasteiger partial charge in [-0.2, -0.15) is 5.10 Å². The van der Waals surface area contributed by atoms with Gasteiger partial charge in [0.05, 0.1) is 12.3 Å².